The predicted molar refractivity (Wildman–Crippen MR) is 83.5 cm³/mol. The van der Waals surface area contributed by atoms with E-state index in [1.807, 2.05) is 0 Å². The van der Waals surface area contributed by atoms with Crippen LogP contribution in [0.4, 0.5) is 10.5 Å². The van der Waals surface area contributed by atoms with Crippen molar-refractivity contribution in [3.8, 4) is 5.75 Å². The zero-order chi connectivity index (χ0) is 16.9. The number of aliphatic carboxylic acids is 1. The maximum absolute atomic E-state index is 11.9. The minimum absolute atomic E-state index is 0.378. The van der Waals surface area contributed by atoms with Crippen LogP contribution in [-0.2, 0) is 9.53 Å². The lowest BCUT2D eigenvalue weighted by Gasteiger charge is -2.22. The Kier molecular flexibility index (Phi) is 5.79. The van der Waals surface area contributed by atoms with E-state index in [1.165, 1.54) is 7.11 Å². The number of hydrogen-bond acceptors (Lipinski definition) is 4. The summed E-state index contributed by atoms with van der Waals surface area (Å²) in [6, 6.07) is 4.90. The molecule has 0 radical (unpaired) electrons. The lowest BCUT2D eigenvalue weighted by Crippen LogP contribution is -2.28. The minimum atomic E-state index is -0.945. The predicted octanol–water partition coefficient (Wildman–Crippen LogP) is 3.62. The Morgan fingerprint density at radius 1 is 1.32 bits per heavy atom. The van der Waals surface area contributed by atoms with Crippen molar-refractivity contribution in [2.75, 3.05) is 12.4 Å². The van der Waals surface area contributed by atoms with E-state index >= 15 is 0 Å². The maximum atomic E-state index is 11.9. The average molecular weight is 309 g/mol. The number of amides is 1. The van der Waals surface area contributed by atoms with Crippen LogP contribution in [-0.4, -0.2) is 29.9 Å². The van der Waals surface area contributed by atoms with E-state index in [4.69, 9.17) is 9.47 Å². The molecule has 0 aliphatic heterocycles. The molecule has 0 heterocycles. The number of carbonyl (C=O) groups is 2. The molecule has 6 nitrogen and oxygen atoms in total. The Morgan fingerprint density at radius 3 is 2.41 bits per heavy atom. The summed E-state index contributed by atoms with van der Waals surface area (Å²) in [6.07, 6.45) is -0.229. The van der Waals surface area contributed by atoms with Crippen molar-refractivity contribution in [3.63, 3.8) is 0 Å². The highest BCUT2D eigenvalue weighted by Crippen LogP contribution is 2.31. The summed E-state index contributed by atoms with van der Waals surface area (Å²) in [5.74, 6) is -1.13. The Labute approximate surface area is 130 Å². The van der Waals surface area contributed by atoms with Gasteiger partial charge in [0.05, 0.1) is 18.7 Å². The fraction of sp³-hybridized carbons (Fsp3) is 0.500. The summed E-state index contributed by atoms with van der Waals surface area (Å²) < 4.78 is 10.3. The monoisotopic (exact) mass is 309 g/mol. The lowest BCUT2D eigenvalue weighted by molar-refractivity contribution is -0.138. The van der Waals surface area contributed by atoms with Crippen LogP contribution in [0, 0.1) is 0 Å². The van der Waals surface area contributed by atoms with Gasteiger partial charge in [0.15, 0.2) is 0 Å². The molecule has 122 valence electrons. The number of carbonyl (C=O) groups excluding carboxylic acids is 1. The zero-order valence-corrected chi connectivity index (χ0v) is 13.6. The number of methoxy groups -OCH3 is 1. The number of carboxylic acids is 1. The molecule has 0 aliphatic rings. The van der Waals surface area contributed by atoms with Gasteiger partial charge in [0, 0.05) is 6.07 Å². The van der Waals surface area contributed by atoms with Gasteiger partial charge in [-0.1, -0.05) is 13.0 Å². The number of rotatable bonds is 5. The molecule has 6 heteroatoms. The first kappa shape index (κ1) is 17.8. The minimum Gasteiger partial charge on any atom is -0.497 e. The molecule has 0 bridgehead atoms. The topological polar surface area (TPSA) is 84.9 Å². The maximum Gasteiger partial charge on any atom is 0.412 e. The molecular formula is C16H23NO5. The Bertz CT molecular complexity index is 548. The highest BCUT2D eigenvalue weighted by atomic mass is 16.6. The molecule has 0 saturated carbocycles. The molecular weight excluding hydrogens is 286 g/mol. The molecule has 0 fully saturated rings. The van der Waals surface area contributed by atoms with Crippen molar-refractivity contribution in [1.82, 2.24) is 0 Å². The molecule has 1 aromatic rings. The third-order valence-electron chi connectivity index (χ3n) is 2.98. The van der Waals surface area contributed by atoms with E-state index in [0.717, 1.165) is 0 Å². The highest BCUT2D eigenvalue weighted by Gasteiger charge is 2.23. The first-order valence-electron chi connectivity index (χ1n) is 7.08. The van der Waals surface area contributed by atoms with Crippen molar-refractivity contribution in [2.24, 2.45) is 0 Å². The number of anilines is 1. The van der Waals surface area contributed by atoms with Crippen LogP contribution in [0.2, 0.25) is 0 Å². The lowest BCUT2D eigenvalue weighted by atomic mass is 9.95. The molecule has 1 amide bonds. The molecule has 22 heavy (non-hydrogen) atoms. The molecule has 1 rings (SSSR count). The van der Waals surface area contributed by atoms with E-state index in [-0.39, 0.29) is 0 Å². The molecule has 1 aromatic carbocycles. The smallest absolute Gasteiger partial charge is 0.412 e. The SMILES string of the molecule is CCC(C(=O)O)c1ccc(OC)cc1NC(=O)OC(C)(C)C. The summed E-state index contributed by atoms with van der Waals surface area (Å²) in [7, 11) is 1.50. The van der Waals surface area contributed by atoms with Crippen LogP contribution in [0.15, 0.2) is 18.2 Å². The number of ether oxygens (including phenoxy) is 2. The van der Waals surface area contributed by atoms with Crippen molar-refractivity contribution in [1.29, 1.82) is 0 Å². The Morgan fingerprint density at radius 2 is 1.95 bits per heavy atom. The molecule has 0 aliphatic carbocycles. The van der Waals surface area contributed by atoms with E-state index in [0.29, 0.717) is 23.4 Å². The number of benzene rings is 1. The van der Waals surface area contributed by atoms with Gasteiger partial charge in [0.1, 0.15) is 11.4 Å². The second kappa shape index (κ2) is 7.15. The Hall–Kier alpha value is -2.24. The fourth-order valence-corrected chi connectivity index (χ4v) is 2.02. The quantitative estimate of drug-likeness (QED) is 0.867. The summed E-state index contributed by atoms with van der Waals surface area (Å²) >= 11 is 0. The Balaban J connectivity index is 3.14. The second-order valence-electron chi connectivity index (χ2n) is 5.88. The largest absolute Gasteiger partial charge is 0.497 e. The van der Waals surface area contributed by atoms with Gasteiger partial charge in [-0.05, 0) is 38.8 Å². The molecule has 1 atom stereocenters. The zero-order valence-electron chi connectivity index (χ0n) is 13.6. The fourth-order valence-electron chi connectivity index (χ4n) is 2.02. The molecule has 1 unspecified atom stereocenters. The van der Waals surface area contributed by atoms with Gasteiger partial charge < -0.3 is 14.6 Å². The molecule has 0 aromatic heterocycles. The van der Waals surface area contributed by atoms with Crippen molar-refractivity contribution in [3.05, 3.63) is 23.8 Å². The summed E-state index contributed by atoms with van der Waals surface area (Å²) in [4.78, 5) is 23.3. The number of carboxylic acid groups (broad SMARTS) is 1. The molecule has 0 saturated heterocycles. The summed E-state index contributed by atoms with van der Waals surface area (Å²) in [5.41, 5.74) is 0.254. The second-order valence-corrected chi connectivity index (χ2v) is 5.88. The first-order chi connectivity index (χ1) is 10.2. The van der Waals surface area contributed by atoms with E-state index in [2.05, 4.69) is 5.32 Å². The van der Waals surface area contributed by atoms with Crippen molar-refractivity contribution >= 4 is 17.7 Å². The van der Waals surface area contributed by atoms with Crippen LogP contribution in [0.5, 0.6) is 5.75 Å². The van der Waals surface area contributed by atoms with E-state index in [9.17, 15) is 14.7 Å². The van der Waals surface area contributed by atoms with E-state index < -0.39 is 23.6 Å². The molecule has 2 N–H and O–H groups in total. The van der Waals surface area contributed by atoms with Crippen LogP contribution in [0.1, 0.15) is 45.6 Å². The van der Waals surface area contributed by atoms with Crippen LogP contribution >= 0.6 is 0 Å². The van der Waals surface area contributed by atoms with Gasteiger partial charge >= 0.3 is 12.1 Å². The van der Waals surface area contributed by atoms with Gasteiger partial charge in [-0.15, -0.1) is 0 Å². The van der Waals surface area contributed by atoms with Gasteiger partial charge in [0.25, 0.3) is 0 Å². The summed E-state index contributed by atoms with van der Waals surface area (Å²) in [5, 5.41) is 11.9. The third-order valence-corrected chi connectivity index (χ3v) is 2.98. The van der Waals surface area contributed by atoms with Gasteiger partial charge in [-0.2, -0.15) is 0 Å². The van der Waals surface area contributed by atoms with E-state index in [1.54, 1.807) is 45.9 Å². The summed E-state index contributed by atoms with van der Waals surface area (Å²) in [6.45, 7) is 7.04. The highest BCUT2D eigenvalue weighted by molar-refractivity contribution is 5.89. The van der Waals surface area contributed by atoms with Crippen LogP contribution in [0.25, 0.3) is 0 Å². The number of nitrogens with one attached hydrogen (secondary N) is 1. The van der Waals surface area contributed by atoms with Gasteiger partial charge in [-0.3, -0.25) is 10.1 Å². The van der Waals surface area contributed by atoms with Crippen LogP contribution in [0.3, 0.4) is 0 Å². The third kappa shape index (κ3) is 4.95. The van der Waals surface area contributed by atoms with Crippen molar-refractivity contribution < 1.29 is 24.2 Å². The van der Waals surface area contributed by atoms with Gasteiger partial charge in [0.2, 0.25) is 0 Å². The number of hydrogen-bond donors (Lipinski definition) is 2. The molecule has 0 spiro atoms. The van der Waals surface area contributed by atoms with Crippen LogP contribution < -0.4 is 10.1 Å². The average Bonchev–Trinajstić information content (AvgIpc) is 2.38. The first-order valence-corrected chi connectivity index (χ1v) is 7.08. The standard InChI is InChI=1S/C16H23NO5/c1-6-11(14(18)19)12-8-7-10(21-5)9-13(12)17-15(20)22-16(2,3)4/h7-9,11H,6H2,1-5H3,(H,17,20)(H,18,19). The normalized spacial score (nSPS) is 12.4. The van der Waals surface area contributed by atoms with Gasteiger partial charge in [-0.25, -0.2) is 4.79 Å². The van der Waals surface area contributed by atoms with Crippen molar-refractivity contribution in [2.45, 2.75) is 45.6 Å².